The molecule has 1 aromatic rings. The Kier molecular flexibility index (Phi) is 4.83. The van der Waals surface area contributed by atoms with Crippen LogP contribution in [0.1, 0.15) is 19.4 Å². The highest BCUT2D eigenvalue weighted by atomic mass is 16.6. The summed E-state index contributed by atoms with van der Waals surface area (Å²) in [6.07, 6.45) is 0. The van der Waals surface area contributed by atoms with Gasteiger partial charge in [0.25, 0.3) is 5.91 Å². The van der Waals surface area contributed by atoms with Crippen LogP contribution in [-0.2, 0) is 4.79 Å². The van der Waals surface area contributed by atoms with Crippen molar-refractivity contribution in [1.29, 1.82) is 5.26 Å². The topological polar surface area (TPSA) is 105 Å². The summed E-state index contributed by atoms with van der Waals surface area (Å²) >= 11 is 0. The zero-order chi connectivity index (χ0) is 14.4. The minimum atomic E-state index is -0.656. The van der Waals surface area contributed by atoms with E-state index in [1.54, 1.807) is 19.9 Å². The van der Waals surface area contributed by atoms with Crippen LogP contribution in [0.25, 0.3) is 0 Å². The molecule has 0 spiro atoms. The molecule has 0 saturated carbocycles. The summed E-state index contributed by atoms with van der Waals surface area (Å²) in [4.78, 5) is 21.5. The standard InChI is InChI=1S/C12H13N3O4/c1-8(2)14-12(16)7-19-11-4-3-9(6-13)5-10(11)15(17)18/h3-5,8H,7H2,1-2H3,(H,14,16). The van der Waals surface area contributed by atoms with Gasteiger partial charge < -0.3 is 10.1 Å². The van der Waals surface area contributed by atoms with Crippen LogP contribution in [0.4, 0.5) is 5.69 Å². The molecule has 0 heterocycles. The highest BCUT2D eigenvalue weighted by Gasteiger charge is 2.17. The molecule has 0 unspecified atom stereocenters. The molecule has 7 nitrogen and oxygen atoms in total. The molecule has 1 aromatic carbocycles. The smallest absolute Gasteiger partial charge is 0.312 e. The van der Waals surface area contributed by atoms with Crippen molar-refractivity contribution in [2.45, 2.75) is 19.9 Å². The Morgan fingerprint density at radius 2 is 2.26 bits per heavy atom. The third-order valence-corrected chi connectivity index (χ3v) is 2.09. The lowest BCUT2D eigenvalue weighted by Crippen LogP contribution is -2.34. The Labute approximate surface area is 109 Å². The lowest BCUT2D eigenvalue weighted by Gasteiger charge is -2.09. The zero-order valence-electron chi connectivity index (χ0n) is 10.5. The first kappa shape index (κ1) is 14.4. The number of nitro benzene ring substituents is 1. The van der Waals surface area contributed by atoms with Crippen LogP contribution in [0.5, 0.6) is 5.75 Å². The van der Waals surface area contributed by atoms with E-state index in [2.05, 4.69) is 5.32 Å². The van der Waals surface area contributed by atoms with E-state index in [4.69, 9.17) is 10.00 Å². The van der Waals surface area contributed by atoms with Gasteiger partial charge in [-0.3, -0.25) is 14.9 Å². The predicted octanol–water partition coefficient (Wildman–Crippen LogP) is 1.37. The molecule has 7 heteroatoms. The molecule has 0 saturated heterocycles. The van der Waals surface area contributed by atoms with E-state index in [0.29, 0.717) is 0 Å². The van der Waals surface area contributed by atoms with Gasteiger partial charge in [-0.1, -0.05) is 0 Å². The summed E-state index contributed by atoms with van der Waals surface area (Å²) in [5.41, 5.74) is -0.179. The average Bonchev–Trinajstić information content (AvgIpc) is 2.35. The SMILES string of the molecule is CC(C)NC(=O)COc1ccc(C#N)cc1[N+](=O)[O-]. The van der Waals surface area contributed by atoms with E-state index >= 15 is 0 Å². The van der Waals surface area contributed by atoms with Crippen molar-refractivity contribution in [1.82, 2.24) is 5.32 Å². The normalized spacial score (nSPS) is 9.79. The minimum Gasteiger partial charge on any atom is -0.477 e. The number of nitro groups is 1. The molecule has 1 rings (SSSR count). The molecule has 0 aliphatic rings. The van der Waals surface area contributed by atoms with Gasteiger partial charge in [-0.15, -0.1) is 0 Å². The predicted molar refractivity (Wildman–Crippen MR) is 66.6 cm³/mol. The summed E-state index contributed by atoms with van der Waals surface area (Å²) in [6.45, 7) is 3.27. The summed E-state index contributed by atoms with van der Waals surface area (Å²) in [7, 11) is 0. The molecular weight excluding hydrogens is 250 g/mol. The first-order valence-electron chi connectivity index (χ1n) is 5.54. The Balaban J connectivity index is 2.81. The van der Waals surface area contributed by atoms with Crippen LogP contribution < -0.4 is 10.1 Å². The number of nitrogens with zero attached hydrogens (tertiary/aromatic N) is 2. The maximum Gasteiger partial charge on any atom is 0.312 e. The molecule has 0 aliphatic carbocycles. The Hall–Kier alpha value is -2.62. The lowest BCUT2D eigenvalue weighted by atomic mass is 10.2. The van der Waals surface area contributed by atoms with Crippen molar-refractivity contribution in [3.8, 4) is 11.8 Å². The van der Waals surface area contributed by atoms with Crippen molar-refractivity contribution in [2.75, 3.05) is 6.61 Å². The van der Waals surface area contributed by atoms with Crippen LogP contribution in [0, 0.1) is 21.4 Å². The second kappa shape index (κ2) is 6.35. The van der Waals surface area contributed by atoms with Crippen molar-refractivity contribution >= 4 is 11.6 Å². The summed E-state index contributed by atoms with van der Waals surface area (Å²) in [5.74, 6) is -0.406. The fourth-order valence-corrected chi connectivity index (χ4v) is 1.36. The van der Waals surface area contributed by atoms with E-state index in [0.717, 1.165) is 6.07 Å². The van der Waals surface area contributed by atoms with Gasteiger partial charge >= 0.3 is 5.69 Å². The molecule has 0 bridgehead atoms. The van der Waals surface area contributed by atoms with Gasteiger partial charge in [0, 0.05) is 12.1 Å². The van der Waals surface area contributed by atoms with Crippen molar-refractivity contribution in [3.63, 3.8) is 0 Å². The fourth-order valence-electron chi connectivity index (χ4n) is 1.36. The van der Waals surface area contributed by atoms with Crippen molar-refractivity contribution < 1.29 is 14.5 Å². The molecule has 0 radical (unpaired) electrons. The number of amides is 1. The molecule has 1 amide bonds. The van der Waals surface area contributed by atoms with Gasteiger partial charge in [-0.05, 0) is 26.0 Å². The monoisotopic (exact) mass is 263 g/mol. The number of nitriles is 1. The van der Waals surface area contributed by atoms with Crippen LogP contribution in [0.3, 0.4) is 0 Å². The van der Waals surface area contributed by atoms with Crippen LogP contribution in [-0.4, -0.2) is 23.5 Å². The molecule has 1 N–H and O–H groups in total. The van der Waals surface area contributed by atoms with Crippen molar-refractivity contribution in [3.05, 3.63) is 33.9 Å². The van der Waals surface area contributed by atoms with Crippen molar-refractivity contribution in [2.24, 2.45) is 0 Å². The first-order chi connectivity index (χ1) is 8.93. The van der Waals surface area contributed by atoms with E-state index in [1.165, 1.54) is 12.1 Å². The average molecular weight is 263 g/mol. The zero-order valence-corrected chi connectivity index (χ0v) is 10.5. The van der Waals surface area contributed by atoms with E-state index < -0.39 is 4.92 Å². The van der Waals surface area contributed by atoms with Gasteiger partial charge in [-0.25, -0.2) is 0 Å². The maximum atomic E-state index is 11.4. The van der Waals surface area contributed by atoms with Gasteiger partial charge in [-0.2, -0.15) is 5.26 Å². The first-order valence-corrected chi connectivity index (χ1v) is 5.54. The van der Waals surface area contributed by atoms with Crippen LogP contribution >= 0.6 is 0 Å². The third-order valence-electron chi connectivity index (χ3n) is 2.09. The molecule has 0 aromatic heterocycles. The maximum absolute atomic E-state index is 11.4. The highest BCUT2D eigenvalue weighted by molar-refractivity contribution is 5.77. The Bertz CT molecular complexity index is 534. The summed E-state index contributed by atoms with van der Waals surface area (Å²) in [5, 5.41) is 22.1. The van der Waals surface area contributed by atoms with E-state index in [1.807, 2.05) is 0 Å². The molecule has 100 valence electrons. The second-order valence-corrected chi connectivity index (χ2v) is 4.06. The van der Waals surface area contributed by atoms with Gasteiger partial charge in [0.1, 0.15) is 0 Å². The number of hydrogen-bond acceptors (Lipinski definition) is 5. The van der Waals surface area contributed by atoms with Gasteiger partial charge in [0.2, 0.25) is 0 Å². The van der Waals surface area contributed by atoms with E-state index in [-0.39, 0.29) is 35.6 Å². The van der Waals surface area contributed by atoms with Gasteiger partial charge in [0.15, 0.2) is 12.4 Å². The molecule has 0 fully saturated rings. The largest absolute Gasteiger partial charge is 0.477 e. The molecule has 0 atom stereocenters. The van der Waals surface area contributed by atoms with Crippen LogP contribution in [0.15, 0.2) is 18.2 Å². The number of carbonyl (C=O) groups excluding carboxylic acids is 1. The lowest BCUT2D eigenvalue weighted by molar-refractivity contribution is -0.385. The number of hydrogen-bond donors (Lipinski definition) is 1. The molecule has 19 heavy (non-hydrogen) atoms. The number of nitrogens with one attached hydrogen (secondary N) is 1. The Morgan fingerprint density at radius 3 is 2.79 bits per heavy atom. The number of ether oxygens (including phenoxy) is 1. The summed E-state index contributed by atoms with van der Waals surface area (Å²) in [6, 6.07) is 5.57. The quantitative estimate of drug-likeness (QED) is 0.638. The fraction of sp³-hybridized carbons (Fsp3) is 0.333. The second-order valence-electron chi connectivity index (χ2n) is 4.06. The van der Waals surface area contributed by atoms with Crippen LogP contribution in [0.2, 0.25) is 0 Å². The number of carbonyl (C=O) groups is 1. The third kappa shape index (κ3) is 4.27. The highest BCUT2D eigenvalue weighted by Crippen LogP contribution is 2.27. The summed E-state index contributed by atoms with van der Waals surface area (Å²) < 4.78 is 5.10. The van der Waals surface area contributed by atoms with E-state index in [9.17, 15) is 14.9 Å². The molecular formula is C12H13N3O4. The van der Waals surface area contributed by atoms with Gasteiger partial charge in [0.05, 0.1) is 16.6 Å². The minimum absolute atomic E-state index is 0.0351. The molecule has 0 aliphatic heterocycles. The number of rotatable bonds is 5. The Morgan fingerprint density at radius 1 is 1.58 bits per heavy atom. The number of benzene rings is 1.